The summed E-state index contributed by atoms with van der Waals surface area (Å²) in [7, 11) is 1.99. The smallest absolute Gasteiger partial charge is 0.228 e. The van der Waals surface area contributed by atoms with E-state index in [4.69, 9.17) is 0 Å². The van der Waals surface area contributed by atoms with E-state index in [1.807, 2.05) is 36.7 Å². The lowest BCUT2D eigenvalue weighted by Gasteiger charge is -2.09. The zero-order valence-electron chi connectivity index (χ0n) is 11.2. The van der Waals surface area contributed by atoms with Gasteiger partial charge < -0.3 is 15.2 Å². The van der Waals surface area contributed by atoms with Crippen LogP contribution in [0.15, 0.2) is 18.2 Å². The van der Waals surface area contributed by atoms with Crippen molar-refractivity contribution in [1.82, 2.24) is 14.9 Å². The van der Waals surface area contributed by atoms with Gasteiger partial charge in [-0.25, -0.2) is 4.98 Å². The van der Waals surface area contributed by atoms with Gasteiger partial charge in [0.05, 0.1) is 17.0 Å². The molecule has 1 aromatic carbocycles. The number of carbonyl (C=O) groups excluding carboxylic acids is 1. The maximum absolute atomic E-state index is 12.0. The molecule has 2 heterocycles. The Balaban J connectivity index is 1.83. The van der Waals surface area contributed by atoms with Crippen LogP contribution in [-0.4, -0.2) is 28.5 Å². The minimum Gasteiger partial charge on any atom is -0.331 e. The van der Waals surface area contributed by atoms with Crippen LogP contribution in [-0.2, 0) is 11.8 Å². The van der Waals surface area contributed by atoms with Crippen molar-refractivity contribution in [2.45, 2.75) is 13.3 Å². The summed E-state index contributed by atoms with van der Waals surface area (Å²) in [5, 5.41) is 6.18. The van der Waals surface area contributed by atoms with Crippen LogP contribution in [0.4, 0.5) is 5.69 Å². The van der Waals surface area contributed by atoms with E-state index >= 15 is 0 Å². The van der Waals surface area contributed by atoms with Crippen LogP contribution in [0.5, 0.6) is 0 Å². The molecule has 1 aromatic heterocycles. The summed E-state index contributed by atoms with van der Waals surface area (Å²) in [5.74, 6) is 1.15. The lowest BCUT2D eigenvalue weighted by atomic mass is 10.1. The molecule has 2 aromatic rings. The van der Waals surface area contributed by atoms with Crippen molar-refractivity contribution in [3.8, 4) is 0 Å². The maximum atomic E-state index is 12.0. The fraction of sp³-hybridized carbons (Fsp3) is 0.429. The molecule has 1 atom stereocenters. The molecule has 1 aliphatic heterocycles. The molecule has 0 spiro atoms. The first-order chi connectivity index (χ1) is 9.15. The molecule has 0 saturated carbocycles. The average molecular weight is 258 g/mol. The second-order valence-corrected chi connectivity index (χ2v) is 5.10. The molecule has 2 N–H and O–H groups in total. The Morgan fingerprint density at radius 2 is 2.37 bits per heavy atom. The summed E-state index contributed by atoms with van der Waals surface area (Å²) in [4.78, 5) is 16.5. The highest BCUT2D eigenvalue weighted by Crippen LogP contribution is 2.20. The van der Waals surface area contributed by atoms with Crippen LogP contribution in [0.3, 0.4) is 0 Å². The van der Waals surface area contributed by atoms with Crippen molar-refractivity contribution in [2.75, 3.05) is 18.4 Å². The van der Waals surface area contributed by atoms with E-state index in [1.54, 1.807) is 0 Å². The van der Waals surface area contributed by atoms with Crippen LogP contribution >= 0.6 is 0 Å². The number of carbonyl (C=O) groups is 1. The number of imidazole rings is 1. The molecular weight excluding hydrogens is 240 g/mol. The van der Waals surface area contributed by atoms with Gasteiger partial charge in [0.2, 0.25) is 5.91 Å². The molecule has 0 bridgehead atoms. The van der Waals surface area contributed by atoms with Crippen molar-refractivity contribution in [3.63, 3.8) is 0 Å². The van der Waals surface area contributed by atoms with E-state index in [-0.39, 0.29) is 11.8 Å². The lowest BCUT2D eigenvalue weighted by Crippen LogP contribution is -2.24. The van der Waals surface area contributed by atoms with Crippen molar-refractivity contribution in [2.24, 2.45) is 13.0 Å². The largest absolute Gasteiger partial charge is 0.331 e. The third kappa shape index (κ3) is 2.21. The minimum absolute atomic E-state index is 0.0844. The molecule has 5 heteroatoms. The number of benzene rings is 1. The van der Waals surface area contributed by atoms with Gasteiger partial charge in [0.1, 0.15) is 5.82 Å². The molecule has 100 valence electrons. The van der Waals surface area contributed by atoms with E-state index in [9.17, 15) is 4.79 Å². The van der Waals surface area contributed by atoms with Gasteiger partial charge in [0, 0.05) is 19.3 Å². The van der Waals surface area contributed by atoms with Gasteiger partial charge in [-0.15, -0.1) is 0 Å². The van der Waals surface area contributed by atoms with Crippen molar-refractivity contribution in [1.29, 1.82) is 0 Å². The summed E-state index contributed by atoms with van der Waals surface area (Å²) in [5.41, 5.74) is 2.82. The van der Waals surface area contributed by atoms with Gasteiger partial charge >= 0.3 is 0 Å². The molecule has 5 nitrogen and oxygen atoms in total. The van der Waals surface area contributed by atoms with Crippen molar-refractivity contribution >= 4 is 22.6 Å². The van der Waals surface area contributed by atoms with Crippen LogP contribution in [0.2, 0.25) is 0 Å². The predicted octanol–water partition coefficient (Wildman–Crippen LogP) is 1.43. The number of aromatic nitrogens is 2. The highest BCUT2D eigenvalue weighted by atomic mass is 16.1. The molecule has 1 fully saturated rings. The summed E-state index contributed by atoms with van der Waals surface area (Å²) in [6.07, 6.45) is 0.913. The fourth-order valence-electron chi connectivity index (χ4n) is 2.52. The third-order valence-corrected chi connectivity index (χ3v) is 3.80. The molecule has 1 saturated heterocycles. The third-order valence-electron chi connectivity index (χ3n) is 3.80. The zero-order chi connectivity index (χ0) is 13.4. The topological polar surface area (TPSA) is 59.0 Å². The SMILES string of the molecule is Cc1nc2cc(NC(=O)C3CCNC3)ccc2n1C. The Morgan fingerprint density at radius 1 is 1.53 bits per heavy atom. The highest BCUT2D eigenvalue weighted by molar-refractivity contribution is 5.94. The minimum atomic E-state index is 0.0844. The number of hydrogen-bond acceptors (Lipinski definition) is 3. The molecule has 0 aliphatic carbocycles. The van der Waals surface area contributed by atoms with Crippen LogP contribution in [0.25, 0.3) is 11.0 Å². The summed E-state index contributed by atoms with van der Waals surface area (Å²) in [6, 6.07) is 5.87. The van der Waals surface area contributed by atoms with E-state index in [0.29, 0.717) is 0 Å². The van der Waals surface area contributed by atoms with Gasteiger partial charge in [0.25, 0.3) is 0 Å². The summed E-state index contributed by atoms with van der Waals surface area (Å²) < 4.78 is 2.04. The molecule has 1 unspecified atom stereocenters. The standard InChI is InChI=1S/C14H18N4O/c1-9-16-12-7-11(3-4-13(12)18(9)2)17-14(19)10-5-6-15-8-10/h3-4,7,10,15H,5-6,8H2,1-2H3,(H,17,19). The number of fused-ring (bicyclic) bond motifs is 1. The fourth-order valence-corrected chi connectivity index (χ4v) is 2.52. The van der Waals surface area contributed by atoms with E-state index < -0.39 is 0 Å². The zero-order valence-corrected chi connectivity index (χ0v) is 11.2. The van der Waals surface area contributed by atoms with Gasteiger partial charge in [-0.2, -0.15) is 0 Å². The van der Waals surface area contributed by atoms with Crippen molar-refractivity contribution < 1.29 is 4.79 Å². The summed E-state index contributed by atoms with van der Waals surface area (Å²) >= 11 is 0. The second-order valence-electron chi connectivity index (χ2n) is 5.10. The van der Waals surface area contributed by atoms with Gasteiger partial charge in [0.15, 0.2) is 0 Å². The van der Waals surface area contributed by atoms with Gasteiger partial charge in [-0.05, 0) is 38.1 Å². The number of nitrogens with zero attached hydrogens (tertiary/aromatic N) is 2. The molecule has 19 heavy (non-hydrogen) atoms. The van der Waals surface area contributed by atoms with Crippen LogP contribution in [0.1, 0.15) is 12.2 Å². The quantitative estimate of drug-likeness (QED) is 0.856. The Labute approximate surface area is 112 Å². The van der Waals surface area contributed by atoms with E-state index in [1.165, 1.54) is 0 Å². The highest BCUT2D eigenvalue weighted by Gasteiger charge is 2.22. The average Bonchev–Trinajstić information content (AvgIpc) is 2.99. The first kappa shape index (κ1) is 12.2. The Bertz CT molecular complexity index is 626. The summed E-state index contributed by atoms with van der Waals surface area (Å²) in [6.45, 7) is 3.68. The first-order valence-corrected chi connectivity index (χ1v) is 6.60. The second kappa shape index (κ2) is 4.66. The number of rotatable bonds is 2. The molecule has 1 aliphatic rings. The number of anilines is 1. The number of aryl methyl sites for hydroxylation is 2. The van der Waals surface area contributed by atoms with Gasteiger partial charge in [-0.3, -0.25) is 4.79 Å². The first-order valence-electron chi connectivity index (χ1n) is 6.60. The molecule has 3 rings (SSSR count). The normalized spacial score (nSPS) is 18.9. The van der Waals surface area contributed by atoms with E-state index in [2.05, 4.69) is 15.6 Å². The van der Waals surface area contributed by atoms with Crippen molar-refractivity contribution in [3.05, 3.63) is 24.0 Å². The van der Waals surface area contributed by atoms with Crippen LogP contribution < -0.4 is 10.6 Å². The van der Waals surface area contributed by atoms with Crippen LogP contribution in [0, 0.1) is 12.8 Å². The monoisotopic (exact) mass is 258 g/mol. The number of hydrogen-bond donors (Lipinski definition) is 2. The Kier molecular flexibility index (Phi) is 2.98. The number of nitrogens with one attached hydrogen (secondary N) is 2. The maximum Gasteiger partial charge on any atom is 0.228 e. The lowest BCUT2D eigenvalue weighted by molar-refractivity contribution is -0.119. The van der Waals surface area contributed by atoms with Gasteiger partial charge in [-0.1, -0.05) is 0 Å². The molecular formula is C14H18N4O. The van der Waals surface area contributed by atoms with E-state index in [0.717, 1.165) is 42.1 Å². The predicted molar refractivity (Wildman–Crippen MR) is 75.1 cm³/mol. The number of amides is 1. The molecule has 0 radical (unpaired) electrons. The Morgan fingerprint density at radius 3 is 3.11 bits per heavy atom. The molecule has 1 amide bonds. The Hall–Kier alpha value is -1.88.